The maximum atomic E-state index is 13.5. The van der Waals surface area contributed by atoms with Crippen LogP contribution in [0.25, 0.3) is 0 Å². The molecular weight excluding hydrogens is 317 g/mol. The van der Waals surface area contributed by atoms with Crippen molar-refractivity contribution in [1.82, 2.24) is 4.90 Å². The van der Waals surface area contributed by atoms with Gasteiger partial charge in [0.25, 0.3) is 15.0 Å². The van der Waals surface area contributed by atoms with Gasteiger partial charge in [-0.05, 0) is 36.5 Å². The third kappa shape index (κ3) is 3.55. The van der Waals surface area contributed by atoms with E-state index in [1.165, 1.54) is 6.07 Å². The van der Waals surface area contributed by atoms with Gasteiger partial charge < -0.3 is 4.90 Å². The second-order valence-corrected chi connectivity index (χ2v) is 8.16. The molecule has 0 saturated carbocycles. The number of likely N-dealkylation sites (tertiary alicyclic amines) is 1. The average molecular weight is 334 g/mol. The molecule has 1 fully saturated rings. The van der Waals surface area contributed by atoms with Crippen LogP contribution in [0, 0.1) is 17.7 Å². The van der Waals surface area contributed by atoms with Crippen LogP contribution in [-0.2, 0) is 9.05 Å². The molecule has 0 aliphatic carbocycles. The molecule has 1 aliphatic heterocycles. The van der Waals surface area contributed by atoms with Crippen molar-refractivity contribution in [3.8, 4) is 0 Å². The molecule has 1 saturated heterocycles. The molecular formula is C14H17ClFNO3S. The summed E-state index contributed by atoms with van der Waals surface area (Å²) in [5.41, 5.74) is 0.139. The van der Waals surface area contributed by atoms with Crippen LogP contribution in [0.2, 0.25) is 0 Å². The van der Waals surface area contributed by atoms with Crippen molar-refractivity contribution in [3.63, 3.8) is 0 Å². The molecule has 4 nitrogen and oxygen atoms in total. The number of nitrogens with zero attached hydrogens (tertiary/aromatic N) is 1. The lowest BCUT2D eigenvalue weighted by atomic mass is 9.95. The zero-order chi connectivity index (χ0) is 15.8. The molecule has 7 heteroatoms. The summed E-state index contributed by atoms with van der Waals surface area (Å²) in [4.78, 5) is 13.4. The van der Waals surface area contributed by atoms with Crippen LogP contribution >= 0.6 is 10.7 Å². The third-order valence-corrected chi connectivity index (χ3v) is 5.23. The Morgan fingerprint density at radius 1 is 1.43 bits per heavy atom. The molecule has 0 spiro atoms. The summed E-state index contributed by atoms with van der Waals surface area (Å²) < 4.78 is 36.1. The third-order valence-electron chi connectivity index (χ3n) is 3.90. The van der Waals surface area contributed by atoms with Gasteiger partial charge in [0.1, 0.15) is 10.7 Å². The quantitative estimate of drug-likeness (QED) is 0.799. The molecule has 2 rings (SSSR count). The number of carbonyl (C=O) groups is 1. The highest BCUT2D eigenvalue weighted by atomic mass is 35.7. The molecule has 0 radical (unpaired) electrons. The van der Waals surface area contributed by atoms with Crippen LogP contribution < -0.4 is 0 Å². The number of hydrogen-bond donors (Lipinski definition) is 0. The van der Waals surface area contributed by atoms with E-state index in [0.29, 0.717) is 24.9 Å². The first-order valence-electron chi connectivity index (χ1n) is 6.73. The van der Waals surface area contributed by atoms with Gasteiger partial charge in [-0.15, -0.1) is 0 Å². The minimum absolute atomic E-state index is 0.139. The summed E-state index contributed by atoms with van der Waals surface area (Å²) in [5.74, 6) is -0.330. The van der Waals surface area contributed by atoms with E-state index in [2.05, 4.69) is 13.8 Å². The van der Waals surface area contributed by atoms with E-state index < -0.39 is 19.8 Å². The van der Waals surface area contributed by atoms with E-state index in [4.69, 9.17) is 10.7 Å². The van der Waals surface area contributed by atoms with Crippen LogP contribution in [0.1, 0.15) is 30.6 Å². The zero-order valence-electron chi connectivity index (χ0n) is 11.8. The number of amides is 1. The van der Waals surface area contributed by atoms with E-state index in [1.54, 1.807) is 4.90 Å². The monoisotopic (exact) mass is 333 g/mol. The Kier molecular flexibility index (Phi) is 4.58. The second-order valence-electron chi connectivity index (χ2n) is 5.63. The number of rotatable bonds is 3. The Morgan fingerprint density at radius 2 is 2.10 bits per heavy atom. The van der Waals surface area contributed by atoms with Crippen LogP contribution in [0.5, 0.6) is 0 Å². The van der Waals surface area contributed by atoms with Gasteiger partial charge in [-0.25, -0.2) is 12.8 Å². The predicted octanol–water partition coefficient (Wildman–Crippen LogP) is 2.87. The minimum atomic E-state index is -4.21. The number of hydrogen-bond acceptors (Lipinski definition) is 3. The molecule has 1 aromatic rings. The Balaban J connectivity index is 2.25. The van der Waals surface area contributed by atoms with Gasteiger partial charge in [-0.2, -0.15) is 0 Å². The van der Waals surface area contributed by atoms with E-state index >= 15 is 0 Å². The van der Waals surface area contributed by atoms with Crippen molar-refractivity contribution in [2.45, 2.75) is 25.2 Å². The zero-order valence-corrected chi connectivity index (χ0v) is 13.4. The Morgan fingerprint density at radius 3 is 2.62 bits per heavy atom. The standard InChI is InChI=1S/C14H17ClFNO3S/c1-9(2)11-5-6-17(8-11)14(18)10-3-4-12(16)13(7-10)21(15,19)20/h3-4,7,9,11H,5-6,8H2,1-2H3. The SMILES string of the molecule is CC(C)C1CCN(C(=O)c2ccc(F)c(S(=O)(=O)Cl)c2)C1. The Bertz CT molecular complexity index is 660. The fraction of sp³-hybridized carbons (Fsp3) is 0.500. The Hall–Kier alpha value is -1.14. The topological polar surface area (TPSA) is 54.5 Å². The van der Waals surface area contributed by atoms with Gasteiger partial charge in [0, 0.05) is 29.3 Å². The van der Waals surface area contributed by atoms with E-state index in [1.807, 2.05) is 0 Å². The largest absolute Gasteiger partial charge is 0.338 e. The normalized spacial score (nSPS) is 19.3. The van der Waals surface area contributed by atoms with E-state index in [0.717, 1.165) is 18.6 Å². The second kappa shape index (κ2) is 5.93. The van der Waals surface area contributed by atoms with E-state index in [-0.39, 0.29) is 11.5 Å². The first-order valence-corrected chi connectivity index (χ1v) is 9.04. The lowest BCUT2D eigenvalue weighted by Crippen LogP contribution is -2.29. The summed E-state index contributed by atoms with van der Waals surface area (Å²) in [6.45, 7) is 5.47. The molecule has 21 heavy (non-hydrogen) atoms. The van der Waals surface area contributed by atoms with Crippen LogP contribution in [0.15, 0.2) is 23.1 Å². The molecule has 1 amide bonds. The Labute approximate surface area is 128 Å². The molecule has 1 aromatic carbocycles. The van der Waals surface area contributed by atoms with Gasteiger partial charge >= 0.3 is 0 Å². The van der Waals surface area contributed by atoms with Gasteiger partial charge in [-0.1, -0.05) is 13.8 Å². The highest BCUT2D eigenvalue weighted by molar-refractivity contribution is 8.13. The first kappa shape index (κ1) is 16.2. The molecule has 0 N–H and O–H groups in total. The van der Waals surface area contributed by atoms with Crippen molar-refractivity contribution in [2.24, 2.45) is 11.8 Å². The van der Waals surface area contributed by atoms with Crippen molar-refractivity contribution in [2.75, 3.05) is 13.1 Å². The molecule has 1 heterocycles. The molecule has 1 aliphatic rings. The molecule has 0 aromatic heterocycles. The molecule has 1 unspecified atom stereocenters. The fourth-order valence-corrected chi connectivity index (χ4v) is 3.45. The van der Waals surface area contributed by atoms with Gasteiger partial charge in [0.15, 0.2) is 0 Å². The minimum Gasteiger partial charge on any atom is -0.338 e. The van der Waals surface area contributed by atoms with Gasteiger partial charge in [0.05, 0.1) is 0 Å². The number of benzene rings is 1. The van der Waals surface area contributed by atoms with Gasteiger partial charge in [-0.3, -0.25) is 4.79 Å². The maximum absolute atomic E-state index is 13.5. The maximum Gasteiger partial charge on any atom is 0.264 e. The van der Waals surface area contributed by atoms with Crippen molar-refractivity contribution in [3.05, 3.63) is 29.6 Å². The lowest BCUT2D eigenvalue weighted by molar-refractivity contribution is 0.0783. The average Bonchev–Trinajstić information content (AvgIpc) is 2.86. The number of carbonyl (C=O) groups excluding carboxylic acids is 1. The van der Waals surface area contributed by atoms with Crippen LogP contribution in [0.4, 0.5) is 4.39 Å². The van der Waals surface area contributed by atoms with Crippen LogP contribution in [0.3, 0.4) is 0 Å². The van der Waals surface area contributed by atoms with Crippen molar-refractivity contribution >= 4 is 25.6 Å². The van der Waals surface area contributed by atoms with Crippen LogP contribution in [-0.4, -0.2) is 32.3 Å². The number of halogens is 2. The summed E-state index contributed by atoms with van der Waals surface area (Å²) in [6, 6.07) is 3.24. The predicted molar refractivity (Wildman–Crippen MR) is 78.3 cm³/mol. The highest BCUT2D eigenvalue weighted by Gasteiger charge is 2.29. The van der Waals surface area contributed by atoms with Gasteiger partial charge in [0.2, 0.25) is 0 Å². The molecule has 1 atom stereocenters. The van der Waals surface area contributed by atoms with Crippen molar-refractivity contribution < 1.29 is 17.6 Å². The summed E-state index contributed by atoms with van der Waals surface area (Å²) in [5, 5.41) is 0. The summed E-state index contributed by atoms with van der Waals surface area (Å²) in [6.07, 6.45) is 0.922. The first-order chi connectivity index (χ1) is 9.70. The van der Waals surface area contributed by atoms with E-state index in [9.17, 15) is 17.6 Å². The molecule has 116 valence electrons. The molecule has 0 bridgehead atoms. The fourth-order valence-electron chi connectivity index (χ4n) is 2.52. The van der Waals surface area contributed by atoms with Crippen molar-refractivity contribution in [1.29, 1.82) is 0 Å². The summed E-state index contributed by atoms with van der Waals surface area (Å²) >= 11 is 0. The smallest absolute Gasteiger partial charge is 0.264 e. The summed E-state index contributed by atoms with van der Waals surface area (Å²) in [7, 11) is 0.961. The highest BCUT2D eigenvalue weighted by Crippen LogP contribution is 2.26. The lowest BCUT2D eigenvalue weighted by Gasteiger charge is -2.18.